The van der Waals surface area contributed by atoms with Gasteiger partial charge in [0, 0.05) is 22.7 Å². The Bertz CT molecular complexity index is 781. The molecule has 0 aliphatic carbocycles. The normalized spacial score (nSPS) is 10.3. The minimum Gasteiger partial charge on any atom is -0.495 e. The van der Waals surface area contributed by atoms with Crippen LogP contribution in [0.25, 0.3) is 0 Å². The first-order chi connectivity index (χ1) is 13.0. The number of nitrogens with one attached hydrogen (secondary N) is 2. The summed E-state index contributed by atoms with van der Waals surface area (Å²) in [7, 11) is 1.54. The number of methoxy groups -OCH3 is 1. The van der Waals surface area contributed by atoms with Crippen LogP contribution in [0.2, 0.25) is 5.02 Å². The van der Waals surface area contributed by atoms with Gasteiger partial charge in [-0.2, -0.15) is 0 Å². The van der Waals surface area contributed by atoms with Gasteiger partial charge in [-0.05, 0) is 48.9 Å². The second kappa shape index (κ2) is 10.8. The summed E-state index contributed by atoms with van der Waals surface area (Å²) in [5, 5.41) is 6.11. The fourth-order valence-electron chi connectivity index (χ4n) is 2.29. The molecule has 0 fully saturated rings. The molecule has 0 radical (unpaired) electrons. The highest BCUT2D eigenvalue weighted by molar-refractivity contribution is 8.00. The zero-order valence-corrected chi connectivity index (χ0v) is 17.0. The first-order valence-corrected chi connectivity index (χ1v) is 10.0. The van der Waals surface area contributed by atoms with Gasteiger partial charge in [-0.15, -0.1) is 11.8 Å². The van der Waals surface area contributed by atoms with Crippen molar-refractivity contribution in [2.75, 3.05) is 23.5 Å². The maximum Gasteiger partial charge on any atom is 0.234 e. The molecule has 0 bridgehead atoms. The molecule has 7 heteroatoms. The van der Waals surface area contributed by atoms with E-state index < -0.39 is 0 Å². The largest absolute Gasteiger partial charge is 0.495 e. The Kier molecular flexibility index (Phi) is 8.48. The van der Waals surface area contributed by atoms with Gasteiger partial charge in [0.25, 0.3) is 0 Å². The number of halogens is 1. The van der Waals surface area contributed by atoms with Gasteiger partial charge in [0.1, 0.15) is 5.75 Å². The van der Waals surface area contributed by atoms with Crippen LogP contribution in [0, 0.1) is 0 Å². The molecule has 0 atom stereocenters. The van der Waals surface area contributed by atoms with E-state index in [0.29, 0.717) is 22.9 Å². The Morgan fingerprint density at radius 1 is 1.04 bits per heavy atom. The van der Waals surface area contributed by atoms with Gasteiger partial charge in [-0.3, -0.25) is 9.59 Å². The Balaban J connectivity index is 1.81. The predicted molar refractivity (Wildman–Crippen MR) is 112 cm³/mol. The van der Waals surface area contributed by atoms with E-state index in [1.807, 2.05) is 24.3 Å². The predicted octanol–water partition coefficient (Wildman–Crippen LogP) is 5.21. The number of amides is 2. The topological polar surface area (TPSA) is 67.4 Å². The van der Waals surface area contributed by atoms with E-state index in [1.54, 1.807) is 18.2 Å². The molecule has 5 nitrogen and oxygen atoms in total. The van der Waals surface area contributed by atoms with Crippen LogP contribution in [0.15, 0.2) is 47.4 Å². The van der Waals surface area contributed by atoms with Crippen LogP contribution in [-0.4, -0.2) is 24.7 Å². The van der Waals surface area contributed by atoms with E-state index in [2.05, 4.69) is 17.6 Å². The average Bonchev–Trinajstić information content (AvgIpc) is 2.66. The number of carbonyl (C=O) groups excluding carboxylic acids is 2. The molecular weight excluding hydrogens is 384 g/mol. The van der Waals surface area contributed by atoms with Crippen LogP contribution in [0.1, 0.15) is 26.2 Å². The number of unbranched alkanes of at least 4 members (excludes halogenated alkanes) is 1. The molecule has 0 aromatic heterocycles. The molecule has 0 saturated heterocycles. The summed E-state index contributed by atoms with van der Waals surface area (Å²) in [4.78, 5) is 24.8. The third-order valence-electron chi connectivity index (χ3n) is 3.70. The van der Waals surface area contributed by atoms with E-state index in [-0.39, 0.29) is 17.6 Å². The summed E-state index contributed by atoms with van der Waals surface area (Å²) in [6.45, 7) is 2.05. The fraction of sp³-hybridized carbons (Fsp3) is 0.300. The van der Waals surface area contributed by atoms with Gasteiger partial charge in [0.05, 0.1) is 17.9 Å². The standard InChI is InChI=1S/C20H23ClN2O3S/c1-3-4-5-19(24)22-14-6-9-16(10-7-14)27-13-20(25)23-15-8-11-18(26-2)17(21)12-15/h6-12H,3-5,13H2,1-2H3,(H,22,24)(H,23,25). The molecule has 0 unspecified atom stereocenters. The lowest BCUT2D eigenvalue weighted by molar-refractivity contribution is -0.116. The summed E-state index contributed by atoms with van der Waals surface area (Å²) in [6, 6.07) is 12.6. The molecule has 2 aromatic rings. The highest BCUT2D eigenvalue weighted by Gasteiger charge is 2.07. The molecule has 0 aliphatic heterocycles. The van der Waals surface area contributed by atoms with Crippen molar-refractivity contribution in [2.45, 2.75) is 31.1 Å². The second-order valence-corrected chi connectivity index (χ2v) is 7.32. The van der Waals surface area contributed by atoms with Crippen LogP contribution in [0.3, 0.4) is 0 Å². The molecule has 2 rings (SSSR count). The number of carbonyl (C=O) groups is 2. The van der Waals surface area contributed by atoms with Crippen molar-refractivity contribution in [2.24, 2.45) is 0 Å². The van der Waals surface area contributed by atoms with Crippen LogP contribution in [-0.2, 0) is 9.59 Å². The number of rotatable bonds is 9. The Labute approximate surface area is 168 Å². The Hall–Kier alpha value is -2.18. The Morgan fingerprint density at radius 3 is 2.33 bits per heavy atom. The minimum absolute atomic E-state index is 0.0229. The van der Waals surface area contributed by atoms with Crippen molar-refractivity contribution in [1.29, 1.82) is 0 Å². The summed E-state index contributed by atoms with van der Waals surface area (Å²) < 4.78 is 5.09. The first kappa shape index (κ1) is 21.1. The van der Waals surface area contributed by atoms with E-state index in [9.17, 15) is 9.59 Å². The van der Waals surface area contributed by atoms with Crippen molar-refractivity contribution in [3.8, 4) is 5.75 Å². The quantitative estimate of drug-likeness (QED) is 0.561. The van der Waals surface area contributed by atoms with Crippen molar-refractivity contribution < 1.29 is 14.3 Å². The summed E-state index contributed by atoms with van der Waals surface area (Å²) in [5.41, 5.74) is 1.38. The number of hydrogen-bond donors (Lipinski definition) is 2. The molecule has 0 aliphatic rings. The van der Waals surface area contributed by atoms with Crippen LogP contribution in [0.5, 0.6) is 5.75 Å². The Morgan fingerprint density at radius 2 is 1.70 bits per heavy atom. The number of hydrogen-bond acceptors (Lipinski definition) is 4. The second-order valence-electron chi connectivity index (χ2n) is 5.86. The van der Waals surface area contributed by atoms with Crippen molar-refractivity contribution in [3.63, 3.8) is 0 Å². The maximum absolute atomic E-state index is 12.1. The van der Waals surface area contributed by atoms with Crippen molar-refractivity contribution in [3.05, 3.63) is 47.5 Å². The number of thioether (sulfide) groups is 1. The minimum atomic E-state index is -0.127. The molecule has 144 valence electrons. The lowest BCUT2D eigenvalue weighted by Gasteiger charge is -2.08. The van der Waals surface area contributed by atoms with Gasteiger partial charge >= 0.3 is 0 Å². The number of anilines is 2. The highest BCUT2D eigenvalue weighted by atomic mass is 35.5. The average molecular weight is 407 g/mol. The SMILES string of the molecule is CCCCC(=O)Nc1ccc(SCC(=O)Nc2ccc(OC)c(Cl)c2)cc1. The van der Waals surface area contributed by atoms with E-state index in [0.717, 1.165) is 23.4 Å². The van der Waals surface area contributed by atoms with E-state index >= 15 is 0 Å². The molecule has 0 spiro atoms. The first-order valence-electron chi connectivity index (χ1n) is 8.68. The lowest BCUT2D eigenvalue weighted by atomic mass is 10.2. The van der Waals surface area contributed by atoms with Gasteiger partial charge in [0.15, 0.2) is 0 Å². The zero-order chi connectivity index (χ0) is 19.6. The molecule has 2 amide bonds. The molecule has 27 heavy (non-hydrogen) atoms. The summed E-state index contributed by atoms with van der Waals surface area (Å²) in [6.07, 6.45) is 2.41. The van der Waals surface area contributed by atoms with Crippen molar-refractivity contribution >= 4 is 46.6 Å². The van der Waals surface area contributed by atoms with Crippen LogP contribution in [0.4, 0.5) is 11.4 Å². The van der Waals surface area contributed by atoms with Crippen LogP contribution >= 0.6 is 23.4 Å². The summed E-state index contributed by atoms with van der Waals surface area (Å²) in [5.74, 6) is 0.727. The monoisotopic (exact) mass is 406 g/mol. The fourth-order valence-corrected chi connectivity index (χ4v) is 3.24. The highest BCUT2D eigenvalue weighted by Crippen LogP contribution is 2.27. The van der Waals surface area contributed by atoms with Crippen molar-refractivity contribution in [1.82, 2.24) is 0 Å². The molecule has 0 heterocycles. The molecule has 2 N–H and O–H groups in total. The number of ether oxygens (including phenoxy) is 1. The smallest absolute Gasteiger partial charge is 0.234 e. The third-order valence-corrected chi connectivity index (χ3v) is 5.01. The summed E-state index contributed by atoms with van der Waals surface area (Å²) >= 11 is 7.47. The molecular formula is C20H23ClN2O3S. The van der Waals surface area contributed by atoms with E-state index in [4.69, 9.17) is 16.3 Å². The molecule has 2 aromatic carbocycles. The zero-order valence-electron chi connectivity index (χ0n) is 15.4. The van der Waals surface area contributed by atoms with Gasteiger partial charge in [-0.1, -0.05) is 24.9 Å². The van der Waals surface area contributed by atoms with Crippen LogP contribution < -0.4 is 15.4 Å². The van der Waals surface area contributed by atoms with Gasteiger partial charge in [-0.25, -0.2) is 0 Å². The van der Waals surface area contributed by atoms with E-state index in [1.165, 1.54) is 18.9 Å². The van der Waals surface area contributed by atoms with Gasteiger partial charge in [0.2, 0.25) is 11.8 Å². The molecule has 0 saturated carbocycles. The number of benzene rings is 2. The lowest BCUT2D eigenvalue weighted by Crippen LogP contribution is -2.14. The maximum atomic E-state index is 12.1. The van der Waals surface area contributed by atoms with Gasteiger partial charge < -0.3 is 15.4 Å². The third kappa shape index (κ3) is 7.15.